The zero-order valence-corrected chi connectivity index (χ0v) is 22.3. The Morgan fingerprint density at radius 1 is 1.22 bits per heavy atom. The lowest BCUT2D eigenvalue weighted by Gasteiger charge is -2.31. The molecule has 198 valence electrons. The van der Waals surface area contributed by atoms with Gasteiger partial charge in [-0.3, -0.25) is 4.79 Å². The van der Waals surface area contributed by atoms with E-state index in [1.807, 2.05) is 0 Å². The number of thiophene rings is 1. The number of hydrogen-bond acceptors (Lipinski definition) is 8. The van der Waals surface area contributed by atoms with Crippen molar-refractivity contribution < 1.29 is 35.6 Å². The summed E-state index contributed by atoms with van der Waals surface area (Å²) in [7, 11) is -7.62. The summed E-state index contributed by atoms with van der Waals surface area (Å²) in [6, 6.07) is 9.19. The van der Waals surface area contributed by atoms with Crippen LogP contribution >= 0.6 is 11.3 Å². The van der Waals surface area contributed by atoms with E-state index in [9.17, 15) is 26.0 Å². The van der Waals surface area contributed by atoms with Gasteiger partial charge in [-0.15, -0.1) is 11.3 Å². The Kier molecular flexibility index (Phi) is 8.17. The predicted octanol–water partition coefficient (Wildman–Crippen LogP) is 2.79. The van der Waals surface area contributed by atoms with E-state index in [0.29, 0.717) is 28.3 Å². The van der Waals surface area contributed by atoms with Gasteiger partial charge in [0.15, 0.2) is 16.1 Å². The average molecular weight is 561 g/mol. The third-order valence-corrected chi connectivity index (χ3v) is 11.8. The van der Waals surface area contributed by atoms with Crippen molar-refractivity contribution in [1.82, 2.24) is 9.79 Å². The first kappa shape index (κ1) is 27.1. The Morgan fingerprint density at radius 3 is 2.64 bits per heavy atom. The number of hydrogen-bond donors (Lipinski definition) is 1. The molecule has 0 bridgehead atoms. The van der Waals surface area contributed by atoms with Gasteiger partial charge in [0.2, 0.25) is 15.9 Å². The van der Waals surface area contributed by atoms with Gasteiger partial charge in [-0.1, -0.05) is 12.1 Å². The normalized spacial score (nSPS) is 25.2. The molecular weight excluding hydrogens is 531 g/mol. The molecule has 0 spiro atoms. The Bertz CT molecular complexity index is 1290. The number of nitrogens with one attached hydrogen (secondary N) is 1. The van der Waals surface area contributed by atoms with Crippen molar-refractivity contribution in [3.63, 3.8) is 0 Å². The van der Waals surface area contributed by atoms with Crippen LogP contribution in [0.1, 0.15) is 37.0 Å². The van der Waals surface area contributed by atoms with E-state index < -0.39 is 54.8 Å². The van der Waals surface area contributed by atoms with Crippen molar-refractivity contribution >= 4 is 37.1 Å². The van der Waals surface area contributed by atoms with E-state index in [-0.39, 0.29) is 19.5 Å². The lowest BCUT2D eigenvalue weighted by atomic mass is 9.97. The molecule has 2 fully saturated rings. The summed E-state index contributed by atoms with van der Waals surface area (Å²) in [6.45, 7) is 0.274. The molecule has 4 rings (SSSR count). The second kappa shape index (κ2) is 10.8. The summed E-state index contributed by atoms with van der Waals surface area (Å²) in [5, 5.41) is 0. The highest BCUT2D eigenvalue weighted by Crippen LogP contribution is 2.45. The first-order valence-corrected chi connectivity index (χ1v) is 15.9. The average Bonchev–Trinajstić information content (AvgIpc) is 3.27. The predicted molar refractivity (Wildman–Crippen MR) is 134 cm³/mol. The van der Waals surface area contributed by atoms with Crippen LogP contribution in [0.2, 0.25) is 0 Å². The molecule has 0 saturated carbocycles. The molecule has 2 unspecified atom stereocenters. The van der Waals surface area contributed by atoms with Crippen LogP contribution in [-0.4, -0.2) is 65.0 Å². The number of nitrogens with zero attached hydrogens (tertiary/aromatic N) is 1. The quantitative estimate of drug-likeness (QED) is 0.517. The minimum Gasteiger partial charge on any atom is -0.350 e. The van der Waals surface area contributed by atoms with Crippen LogP contribution < -0.4 is 5.48 Å². The maximum Gasteiger partial charge on any atom is 0.245 e. The number of hydroxylamine groups is 1. The van der Waals surface area contributed by atoms with Gasteiger partial charge in [-0.05, 0) is 49.1 Å². The zero-order valence-electron chi connectivity index (χ0n) is 19.8. The molecule has 2 atom stereocenters. The van der Waals surface area contributed by atoms with Crippen LogP contribution in [0.4, 0.5) is 4.39 Å². The monoisotopic (exact) mass is 560 g/mol. The molecule has 3 heterocycles. The molecular formula is C23H29FN2O7S3. The maximum absolute atomic E-state index is 13.7. The summed E-state index contributed by atoms with van der Waals surface area (Å²) in [6.07, 6.45) is 2.30. The fourth-order valence-electron chi connectivity index (χ4n) is 4.47. The number of halogens is 1. The number of carbonyl (C=O) groups excluding carboxylic acids is 1. The van der Waals surface area contributed by atoms with Gasteiger partial charge >= 0.3 is 0 Å². The number of amides is 1. The molecule has 1 amide bonds. The molecule has 2 aliphatic heterocycles. The molecule has 2 saturated heterocycles. The van der Waals surface area contributed by atoms with Gasteiger partial charge in [0.1, 0.15) is 10.6 Å². The summed E-state index contributed by atoms with van der Waals surface area (Å²) in [4.78, 5) is 19.5. The first-order chi connectivity index (χ1) is 17.0. The van der Waals surface area contributed by atoms with Crippen LogP contribution in [0.15, 0.2) is 36.4 Å². The Hall–Kier alpha value is -1.90. The number of rotatable bonds is 7. The highest BCUT2D eigenvalue weighted by atomic mass is 32.2. The molecule has 13 heteroatoms. The lowest BCUT2D eigenvalue weighted by Crippen LogP contribution is -2.43. The van der Waals surface area contributed by atoms with Gasteiger partial charge in [-0.25, -0.2) is 35.8 Å². The molecule has 9 nitrogen and oxygen atoms in total. The van der Waals surface area contributed by atoms with Gasteiger partial charge in [0.25, 0.3) is 0 Å². The van der Waals surface area contributed by atoms with Crippen LogP contribution in [0.5, 0.6) is 0 Å². The molecule has 0 aliphatic carbocycles. The number of ether oxygens (including phenoxy) is 1. The number of sulfonamides is 1. The first-order valence-electron chi connectivity index (χ1n) is 11.6. The molecule has 2 aliphatic rings. The van der Waals surface area contributed by atoms with Crippen molar-refractivity contribution in [3.8, 4) is 10.4 Å². The van der Waals surface area contributed by atoms with E-state index in [2.05, 4.69) is 5.48 Å². The van der Waals surface area contributed by atoms with Crippen LogP contribution in [0.25, 0.3) is 10.4 Å². The van der Waals surface area contributed by atoms with Crippen LogP contribution in [-0.2, 0) is 39.0 Å². The van der Waals surface area contributed by atoms with Gasteiger partial charge in [0, 0.05) is 35.9 Å². The topological polar surface area (TPSA) is 119 Å². The molecule has 1 aromatic carbocycles. The third kappa shape index (κ3) is 5.97. The highest BCUT2D eigenvalue weighted by Gasteiger charge is 2.50. The number of sulfone groups is 1. The second-order valence-corrected chi connectivity index (χ2v) is 14.5. The summed E-state index contributed by atoms with van der Waals surface area (Å²) in [5.74, 6) is -1.46. The maximum atomic E-state index is 13.7. The highest BCUT2D eigenvalue weighted by molar-refractivity contribution is 7.92. The van der Waals surface area contributed by atoms with Crippen LogP contribution in [0.3, 0.4) is 0 Å². The second-order valence-electron chi connectivity index (χ2n) is 9.01. The fourth-order valence-corrected chi connectivity index (χ4v) is 9.04. The lowest BCUT2D eigenvalue weighted by molar-refractivity contribution is -0.200. The number of carbonyl (C=O) groups is 1. The Labute approximate surface area is 214 Å². The van der Waals surface area contributed by atoms with Gasteiger partial charge < -0.3 is 4.74 Å². The molecule has 1 aromatic heterocycles. The SMILES string of the molecule is CS(=O)(=O)N1CCC(CC(=O)NOC2CCCCO2)(c2ccc(-c3ccc(F)cc3)s2)S(=O)(=O)CC1. The van der Waals surface area contributed by atoms with Crippen molar-refractivity contribution in [2.45, 2.75) is 43.1 Å². The van der Waals surface area contributed by atoms with Crippen molar-refractivity contribution in [2.24, 2.45) is 0 Å². The number of benzene rings is 1. The van der Waals surface area contributed by atoms with Gasteiger partial charge in [-0.2, -0.15) is 0 Å². The standard InChI is InChI=1S/C23H29FN2O7S3/c1-35(28,29)26-12-11-23(36(30,31)15-13-26,16-21(27)25-33-22-4-2-3-14-32-22)20-10-9-19(34-20)17-5-7-18(24)8-6-17/h5-10,22H,2-4,11-16H2,1H3,(H,25,27). The van der Waals surface area contributed by atoms with Crippen molar-refractivity contribution in [3.05, 3.63) is 47.1 Å². The fraction of sp³-hybridized carbons (Fsp3) is 0.522. The van der Waals surface area contributed by atoms with Crippen molar-refractivity contribution in [1.29, 1.82) is 0 Å². The summed E-state index contributed by atoms with van der Waals surface area (Å²) in [5.41, 5.74) is 3.04. The Morgan fingerprint density at radius 2 is 1.97 bits per heavy atom. The van der Waals surface area contributed by atoms with E-state index in [4.69, 9.17) is 9.57 Å². The zero-order chi connectivity index (χ0) is 26.0. The van der Waals surface area contributed by atoms with E-state index in [0.717, 1.165) is 23.4 Å². The minimum absolute atomic E-state index is 0.0539. The molecule has 36 heavy (non-hydrogen) atoms. The molecule has 0 radical (unpaired) electrons. The van der Waals surface area contributed by atoms with Crippen LogP contribution in [0, 0.1) is 5.82 Å². The van der Waals surface area contributed by atoms with E-state index in [1.165, 1.54) is 23.5 Å². The Balaban J connectivity index is 1.66. The largest absolute Gasteiger partial charge is 0.350 e. The third-order valence-electron chi connectivity index (χ3n) is 6.51. The molecule has 1 N–H and O–H groups in total. The van der Waals surface area contributed by atoms with E-state index in [1.54, 1.807) is 24.3 Å². The van der Waals surface area contributed by atoms with E-state index >= 15 is 0 Å². The molecule has 2 aromatic rings. The summed E-state index contributed by atoms with van der Waals surface area (Å²) >= 11 is 1.19. The minimum atomic E-state index is -3.99. The smallest absolute Gasteiger partial charge is 0.245 e. The van der Waals surface area contributed by atoms with Gasteiger partial charge in [0.05, 0.1) is 18.4 Å². The summed E-state index contributed by atoms with van der Waals surface area (Å²) < 4.78 is 70.2. The van der Waals surface area contributed by atoms with Crippen molar-refractivity contribution in [2.75, 3.05) is 31.7 Å².